The lowest BCUT2D eigenvalue weighted by atomic mass is 10.2. The van der Waals surface area contributed by atoms with Crippen molar-refractivity contribution in [2.45, 2.75) is 50.3 Å². The number of hydrogen-bond donors (Lipinski definition) is 1. The quantitative estimate of drug-likeness (QED) is 0.504. The van der Waals surface area contributed by atoms with Crippen molar-refractivity contribution in [3.63, 3.8) is 0 Å². The SMILES string of the molecule is CC(C)(C)OC(=O)CSc1nnc(C2CC2)n1N. The Kier molecular flexibility index (Phi) is 3.52. The molecule has 0 amide bonds. The molecule has 7 heteroatoms. The second-order valence-electron chi connectivity index (χ2n) is 5.36. The summed E-state index contributed by atoms with van der Waals surface area (Å²) in [5.74, 6) is 7.04. The van der Waals surface area contributed by atoms with E-state index < -0.39 is 5.60 Å². The summed E-state index contributed by atoms with van der Waals surface area (Å²) in [6, 6.07) is 0. The first kappa shape index (κ1) is 13.2. The number of rotatable bonds is 4. The van der Waals surface area contributed by atoms with E-state index >= 15 is 0 Å². The molecule has 1 aliphatic carbocycles. The number of ether oxygens (including phenoxy) is 1. The van der Waals surface area contributed by atoms with Crippen molar-refractivity contribution in [3.05, 3.63) is 5.82 Å². The van der Waals surface area contributed by atoms with Gasteiger partial charge in [-0.1, -0.05) is 11.8 Å². The molecule has 18 heavy (non-hydrogen) atoms. The number of carbonyl (C=O) groups excluding carboxylic acids is 1. The molecule has 100 valence electrons. The van der Waals surface area contributed by atoms with E-state index in [9.17, 15) is 4.79 Å². The van der Waals surface area contributed by atoms with E-state index in [1.54, 1.807) is 0 Å². The molecule has 1 heterocycles. The molecule has 0 spiro atoms. The van der Waals surface area contributed by atoms with Crippen molar-refractivity contribution in [1.29, 1.82) is 0 Å². The Labute approximate surface area is 110 Å². The molecule has 0 bridgehead atoms. The molecule has 0 atom stereocenters. The van der Waals surface area contributed by atoms with E-state index in [2.05, 4.69) is 10.2 Å². The predicted molar refractivity (Wildman–Crippen MR) is 68.7 cm³/mol. The van der Waals surface area contributed by atoms with Gasteiger partial charge in [-0.2, -0.15) is 0 Å². The molecule has 1 fully saturated rings. The number of nitrogens with zero attached hydrogens (tertiary/aromatic N) is 3. The van der Waals surface area contributed by atoms with Gasteiger partial charge in [0.1, 0.15) is 5.60 Å². The van der Waals surface area contributed by atoms with Crippen LogP contribution in [0.2, 0.25) is 0 Å². The zero-order valence-corrected chi connectivity index (χ0v) is 11.7. The Balaban J connectivity index is 1.88. The maximum Gasteiger partial charge on any atom is 0.316 e. The maximum atomic E-state index is 11.6. The number of nitrogens with two attached hydrogens (primary N) is 1. The molecule has 0 saturated heterocycles. The van der Waals surface area contributed by atoms with Gasteiger partial charge in [0.05, 0.1) is 5.75 Å². The van der Waals surface area contributed by atoms with Gasteiger partial charge in [-0.3, -0.25) is 4.79 Å². The highest BCUT2D eigenvalue weighted by atomic mass is 32.2. The minimum absolute atomic E-state index is 0.192. The predicted octanol–water partition coefficient (Wildman–Crippen LogP) is 1.30. The van der Waals surface area contributed by atoms with Gasteiger partial charge in [0.25, 0.3) is 0 Å². The van der Waals surface area contributed by atoms with Crippen LogP contribution in [0.3, 0.4) is 0 Å². The normalized spacial score (nSPS) is 15.7. The number of aromatic nitrogens is 3. The fourth-order valence-corrected chi connectivity index (χ4v) is 2.14. The average molecular weight is 270 g/mol. The van der Waals surface area contributed by atoms with E-state index in [-0.39, 0.29) is 11.7 Å². The molecule has 0 unspecified atom stereocenters. The van der Waals surface area contributed by atoms with Crippen LogP contribution in [0.15, 0.2) is 5.16 Å². The van der Waals surface area contributed by atoms with Crippen LogP contribution < -0.4 is 5.84 Å². The maximum absolute atomic E-state index is 11.6. The van der Waals surface area contributed by atoms with Crippen molar-refractivity contribution >= 4 is 17.7 Å². The smallest absolute Gasteiger partial charge is 0.316 e. The highest BCUT2D eigenvalue weighted by Crippen LogP contribution is 2.39. The van der Waals surface area contributed by atoms with Gasteiger partial charge in [0.2, 0.25) is 5.16 Å². The Morgan fingerprint density at radius 2 is 2.17 bits per heavy atom. The van der Waals surface area contributed by atoms with Gasteiger partial charge in [0.15, 0.2) is 5.82 Å². The number of thioether (sulfide) groups is 1. The number of esters is 1. The van der Waals surface area contributed by atoms with E-state index in [4.69, 9.17) is 10.6 Å². The van der Waals surface area contributed by atoms with Crippen molar-refractivity contribution in [2.24, 2.45) is 0 Å². The second kappa shape index (κ2) is 4.79. The van der Waals surface area contributed by atoms with Crippen molar-refractivity contribution < 1.29 is 9.53 Å². The Morgan fingerprint density at radius 1 is 1.50 bits per heavy atom. The third kappa shape index (κ3) is 3.38. The second-order valence-corrected chi connectivity index (χ2v) is 6.30. The lowest BCUT2D eigenvalue weighted by Gasteiger charge is -2.19. The molecular weight excluding hydrogens is 252 g/mol. The van der Waals surface area contributed by atoms with Crippen LogP contribution in [0.1, 0.15) is 45.4 Å². The third-order valence-corrected chi connectivity index (χ3v) is 3.29. The fraction of sp³-hybridized carbons (Fsp3) is 0.727. The van der Waals surface area contributed by atoms with Crippen LogP contribution in [0, 0.1) is 0 Å². The summed E-state index contributed by atoms with van der Waals surface area (Å²) in [7, 11) is 0. The molecular formula is C11H18N4O2S. The molecule has 2 rings (SSSR count). The molecule has 1 aliphatic rings. The van der Waals surface area contributed by atoms with E-state index in [1.807, 2.05) is 20.8 Å². The summed E-state index contributed by atoms with van der Waals surface area (Å²) in [6.45, 7) is 5.52. The Morgan fingerprint density at radius 3 is 2.72 bits per heavy atom. The third-order valence-electron chi connectivity index (χ3n) is 2.37. The summed E-state index contributed by atoms with van der Waals surface area (Å²) < 4.78 is 6.69. The largest absolute Gasteiger partial charge is 0.459 e. The number of hydrogen-bond acceptors (Lipinski definition) is 6. The van der Waals surface area contributed by atoms with Crippen LogP contribution in [0.5, 0.6) is 0 Å². The number of nitrogen functional groups attached to an aromatic ring is 1. The highest BCUT2D eigenvalue weighted by Gasteiger charge is 2.30. The van der Waals surface area contributed by atoms with Gasteiger partial charge < -0.3 is 10.6 Å². The first-order chi connectivity index (χ1) is 8.37. The summed E-state index contributed by atoms with van der Waals surface area (Å²) in [5, 5.41) is 8.59. The molecule has 1 aromatic heterocycles. The topological polar surface area (TPSA) is 83.0 Å². The van der Waals surface area contributed by atoms with Gasteiger partial charge in [-0.05, 0) is 33.6 Å². The van der Waals surface area contributed by atoms with Crippen molar-refractivity contribution in [2.75, 3.05) is 11.6 Å². The lowest BCUT2D eigenvalue weighted by Crippen LogP contribution is -2.25. The van der Waals surface area contributed by atoms with Crippen LogP contribution in [0.4, 0.5) is 0 Å². The molecule has 1 saturated carbocycles. The van der Waals surface area contributed by atoms with Crippen molar-refractivity contribution in [3.8, 4) is 0 Å². The summed E-state index contributed by atoms with van der Waals surface area (Å²) >= 11 is 1.25. The number of carbonyl (C=O) groups is 1. The summed E-state index contributed by atoms with van der Waals surface area (Å²) in [6.07, 6.45) is 2.23. The summed E-state index contributed by atoms with van der Waals surface area (Å²) in [4.78, 5) is 11.6. The van der Waals surface area contributed by atoms with Gasteiger partial charge in [-0.15, -0.1) is 10.2 Å². The van der Waals surface area contributed by atoms with Crippen molar-refractivity contribution in [1.82, 2.24) is 14.9 Å². The fourth-order valence-electron chi connectivity index (χ4n) is 1.50. The van der Waals surface area contributed by atoms with E-state index in [0.29, 0.717) is 11.1 Å². The van der Waals surface area contributed by atoms with E-state index in [1.165, 1.54) is 16.4 Å². The lowest BCUT2D eigenvalue weighted by molar-refractivity contribution is -0.151. The first-order valence-corrected chi connectivity index (χ1v) is 6.90. The highest BCUT2D eigenvalue weighted by molar-refractivity contribution is 7.99. The average Bonchev–Trinajstić information content (AvgIpc) is 2.99. The monoisotopic (exact) mass is 270 g/mol. The van der Waals surface area contributed by atoms with E-state index in [0.717, 1.165) is 18.7 Å². The molecule has 6 nitrogen and oxygen atoms in total. The molecule has 2 N–H and O–H groups in total. The minimum atomic E-state index is -0.465. The minimum Gasteiger partial charge on any atom is -0.459 e. The van der Waals surface area contributed by atoms with Crippen LogP contribution in [-0.2, 0) is 9.53 Å². The summed E-state index contributed by atoms with van der Waals surface area (Å²) in [5.41, 5.74) is -0.465. The zero-order valence-electron chi connectivity index (χ0n) is 10.8. The Bertz CT molecular complexity index is 448. The molecule has 0 radical (unpaired) electrons. The van der Waals surface area contributed by atoms with Crippen LogP contribution in [0.25, 0.3) is 0 Å². The molecule has 1 aromatic rings. The van der Waals surface area contributed by atoms with Gasteiger partial charge in [0, 0.05) is 5.92 Å². The standard InChI is InChI=1S/C11H18N4O2S/c1-11(2,3)17-8(16)6-18-10-14-13-9(15(10)12)7-4-5-7/h7H,4-6,12H2,1-3H3. The zero-order chi connectivity index (χ0) is 13.3. The Hall–Kier alpha value is -1.24. The molecule has 0 aromatic carbocycles. The molecule has 0 aliphatic heterocycles. The van der Waals surface area contributed by atoms with Gasteiger partial charge >= 0.3 is 5.97 Å². The van der Waals surface area contributed by atoms with Crippen LogP contribution in [-0.4, -0.2) is 32.2 Å². The first-order valence-electron chi connectivity index (χ1n) is 5.92. The van der Waals surface area contributed by atoms with Gasteiger partial charge in [-0.25, -0.2) is 4.68 Å². The van der Waals surface area contributed by atoms with Crippen LogP contribution >= 0.6 is 11.8 Å².